The van der Waals surface area contributed by atoms with E-state index in [1.807, 2.05) is 6.92 Å². The predicted molar refractivity (Wildman–Crippen MR) is 62.8 cm³/mol. The molecule has 16 heavy (non-hydrogen) atoms. The van der Waals surface area contributed by atoms with Crippen LogP contribution in [0.25, 0.3) is 0 Å². The zero-order chi connectivity index (χ0) is 12.1. The molecule has 5 heteroatoms. The summed E-state index contributed by atoms with van der Waals surface area (Å²) in [6, 6.07) is 4.77. The van der Waals surface area contributed by atoms with Crippen LogP contribution in [0.4, 0.5) is 11.4 Å². The molecule has 0 aliphatic rings. The molecule has 0 heterocycles. The molecular weight excluding hydrogens is 208 g/mol. The van der Waals surface area contributed by atoms with E-state index in [4.69, 9.17) is 15.6 Å². The predicted octanol–water partition coefficient (Wildman–Crippen LogP) is 1.41. The third-order valence-corrected chi connectivity index (χ3v) is 2.28. The highest BCUT2D eigenvalue weighted by Gasteiger charge is 2.08. The first-order chi connectivity index (χ1) is 7.54. The van der Waals surface area contributed by atoms with E-state index in [0.717, 1.165) is 5.69 Å². The Labute approximate surface area is 94.2 Å². The van der Waals surface area contributed by atoms with Gasteiger partial charge in [-0.25, -0.2) is 4.79 Å². The Bertz CT molecular complexity index is 379. The number of aromatic carboxylic acids is 1. The number of hydrogen-bond donors (Lipinski definition) is 3. The number of carboxylic acids is 1. The second-order valence-corrected chi connectivity index (χ2v) is 3.53. The van der Waals surface area contributed by atoms with E-state index in [-0.39, 0.29) is 17.4 Å². The summed E-state index contributed by atoms with van der Waals surface area (Å²) in [7, 11) is 1.63. The second-order valence-electron chi connectivity index (χ2n) is 3.53. The number of carboxylic acid groups (broad SMARTS) is 1. The number of benzene rings is 1. The Morgan fingerprint density at radius 2 is 2.31 bits per heavy atom. The molecule has 1 aromatic rings. The molecule has 0 bridgehead atoms. The van der Waals surface area contributed by atoms with E-state index >= 15 is 0 Å². The van der Waals surface area contributed by atoms with Gasteiger partial charge in [-0.3, -0.25) is 0 Å². The van der Waals surface area contributed by atoms with Crippen LogP contribution in [0.5, 0.6) is 0 Å². The molecular formula is C11H16N2O3. The number of hydrogen-bond acceptors (Lipinski definition) is 4. The Morgan fingerprint density at radius 1 is 1.62 bits per heavy atom. The van der Waals surface area contributed by atoms with Gasteiger partial charge in [-0.2, -0.15) is 0 Å². The third-order valence-electron chi connectivity index (χ3n) is 2.28. The van der Waals surface area contributed by atoms with Crippen LogP contribution in [-0.2, 0) is 4.74 Å². The maximum atomic E-state index is 10.7. The lowest BCUT2D eigenvalue weighted by atomic mass is 10.1. The van der Waals surface area contributed by atoms with E-state index < -0.39 is 5.97 Å². The molecule has 88 valence electrons. The molecule has 0 aliphatic heterocycles. The molecule has 1 unspecified atom stereocenters. The molecule has 4 N–H and O–H groups in total. The first-order valence-corrected chi connectivity index (χ1v) is 4.94. The van der Waals surface area contributed by atoms with Gasteiger partial charge in [0.2, 0.25) is 0 Å². The first kappa shape index (κ1) is 12.3. The summed E-state index contributed by atoms with van der Waals surface area (Å²) in [5.74, 6) is -1.02. The van der Waals surface area contributed by atoms with E-state index in [1.54, 1.807) is 19.2 Å². The van der Waals surface area contributed by atoms with Gasteiger partial charge >= 0.3 is 5.97 Å². The molecule has 0 saturated carbocycles. The summed E-state index contributed by atoms with van der Waals surface area (Å²) in [5, 5.41) is 11.9. The number of methoxy groups -OCH3 is 1. The van der Waals surface area contributed by atoms with Gasteiger partial charge in [0.05, 0.1) is 11.7 Å². The van der Waals surface area contributed by atoms with Gasteiger partial charge in [0, 0.05) is 25.0 Å². The molecule has 0 spiro atoms. The van der Waals surface area contributed by atoms with Crippen molar-refractivity contribution >= 4 is 17.3 Å². The molecule has 0 aliphatic carbocycles. The minimum Gasteiger partial charge on any atom is -0.478 e. The molecule has 1 aromatic carbocycles. The largest absolute Gasteiger partial charge is 0.478 e. The summed E-state index contributed by atoms with van der Waals surface area (Å²) in [4.78, 5) is 10.7. The van der Waals surface area contributed by atoms with E-state index in [0.29, 0.717) is 6.54 Å². The van der Waals surface area contributed by atoms with E-state index in [9.17, 15) is 4.79 Å². The SMILES string of the molecule is COC(C)CNc1ccc(C(=O)O)c(N)c1. The Balaban J connectivity index is 2.70. The number of nitrogens with one attached hydrogen (secondary N) is 1. The van der Waals surface area contributed by atoms with Crippen LogP contribution in [0.3, 0.4) is 0 Å². The van der Waals surface area contributed by atoms with Gasteiger partial charge in [0.15, 0.2) is 0 Å². The Kier molecular flexibility index (Phi) is 4.13. The summed E-state index contributed by atoms with van der Waals surface area (Å²) < 4.78 is 5.08. The molecule has 5 nitrogen and oxygen atoms in total. The standard InChI is InChI=1S/C11H16N2O3/c1-7(16-2)6-13-8-3-4-9(11(14)15)10(12)5-8/h3-5,7,13H,6,12H2,1-2H3,(H,14,15). The number of nitrogens with two attached hydrogens (primary N) is 1. The molecule has 0 amide bonds. The maximum absolute atomic E-state index is 10.7. The van der Waals surface area contributed by atoms with Crippen molar-refractivity contribution in [2.24, 2.45) is 0 Å². The number of carbonyl (C=O) groups is 1. The number of anilines is 2. The average Bonchev–Trinajstić information content (AvgIpc) is 2.25. The molecule has 0 aromatic heterocycles. The zero-order valence-electron chi connectivity index (χ0n) is 9.36. The lowest BCUT2D eigenvalue weighted by Crippen LogP contribution is -2.18. The van der Waals surface area contributed by atoms with Crippen LogP contribution < -0.4 is 11.1 Å². The topological polar surface area (TPSA) is 84.6 Å². The quantitative estimate of drug-likeness (QED) is 0.658. The van der Waals surface area contributed by atoms with Crippen molar-refractivity contribution in [3.63, 3.8) is 0 Å². The van der Waals surface area contributed by atoms with E-state index in [1.165, 1.54) is 6.07 Å². The average molecular weight is 224 g/mol. The number of nitrogen functional groups attached to an aromatic ring is 1. The van der Waals surface area contributed by atoms with Crippen LogP contribution in [0, 0.1) is 0 Å². The van der Waals surface area contributed by atoms with Crippen LogP contribution in [-0.4, -0.2) is 30.8 Å². The fourth-order valence-electron chi connectivity index (χ4n) is 1.21. The smallest absolute Gasteiger partial charge is 0.337 e. The molecule has 1 rings (SSSR count). The normalized spacial score (nSPS) is 12.1. The molecule has 0 radical (unpaired) electrons. The second kappa shape index (κ2) is 5.37. The van der Waals surface area contributed by atoms with Crippen molar-refractivity contribution in [1.29, 1.82) is 0 Å². The summed E-state index contributed by atoms with van der Waals surface area (Å²) in [6.07, 6.45) is 0.0837. The van der Waals surface area contributed by atoms with Gasteiger partial charge in [0.25, 0.3) is 0 Å². The van der Waals surface area contributed by atoms with Gasteiger partial charge in [-0.05, 0) is 25.1 Å². The van der Waals surface area contributed by atoms with Crippen LogP contribution in [0.1, 0.15) is 17.3 Å². The van der Waals surface area contributed by atoms with Gasteiger partial charge in [-0.1, -0.05) is 0 Å². The number of ether oxygens (including phenoxy) is 1. The highest BCUT2D eigenvalue weighted by atomic mass is 16.5. The summed E-state index contributed by atoms with van der Waals surface area (Å²) in [5.41, 5.74) is 6.76. The first-order valence-electron chi connectivity index (χ1n) is 4.94. The van der Waals surface area contributed by atoms with Crippen molar-refractivity contribution in [2.75, 3.05) is 24.7 Å². The third kappa shape index (κ3) is 3.13. The Hall–Kier alpha value is -1.75. The van der Waals surface area contributed by atoms with E-state index in [2.05, 4.69) is 5.32 Å². The minimum atomic E-state index is -1.02. The van der Waals surface area contributed by atoms with Crippen molar-refractivity contribution in [3.8, 4) is 0 Å². The fourth-order valence-corrected chi connectivity index (χ4v) is 1.21. The van der Waals surface area contributed by atoms with Crippen LogP contribution in [0.15, 0.2) is 18.2 Å². The molecule has 0 saturated heterocycles. The summed E-state index contributed by atoms with van der Waals surface area (Å²) in [6.45, 7) is 2.57. The highest BCUT2D eigenvalue weighted by molar-refractivity contribution is 5.94. The monoisotopic (exact) mass is 224 g/mol. The lowest BCUT2D eigenvalue weighted by molar-refractivity contribution is 0.0698. The van der Waals surface area contributed by atoms with Gasteiger partial charge in [0.1, 0.15) is 0 Å². The zero-order valence-corrected chi connectivity index (χ0v) is 9.36. The van der Waals surface area contributed by atoms with Crippen molar-refractivity contribution in [1.82, 2.24) is 0 Å². The maximum Gasteiger partial charge on any atom is 0.337 e. The fraction of sp³-hybridized carbons (Fsp3) is 0.364. The van der Waals surface area contributed by atoms with Crippen molar-refractivity contribution in [2.45, 2.75) is 13.0 Å². The van der Waals surface area contributed by atoms with Gasteiger partial charge < -0.3 is 20.9 Å². The highest BCUT2D eigenvalue weighted by Crippen LogP contribution is 2.17. The van der Waals surface area contributed by atoms with Crippen LogP contribution >= 0.6 is 0 Å². The van der Waals surface area contributed by atoms with Gasteiger partial charge in [-0.15, -0.1) is 0 Å². The molecule has 0 fully saturated rings. The van der Waals surface area contributed by atoms with Crippen LogP contribution in [0.2, 0.25) is 0 Å². The molecule has 1 atom stereocenters. The minimum absolute atomic E-state index is 0.0837. The summed E-state index contributed by atoms with van der Waals surface area (Å²) >= 11 is 0. The van der Waals surface area contributed by atoms with Crippen molar-refractivity contribution < 1.29 is 14.6 Å². The van der Waals surface area contributed by atoms with Crippen molar-refractivity contribution in [3.05, 3.63) is 23.8 Å². The Morgan fingerprint density at radius 3 is 2.81 bits per heavy atom. The lowest BCUT2D eigenvalue weighted by Gasteiger charge is -2.12. The number of rotatable bonds is 5.